The number of pyridine rings is 1. The average molecular weight is 275 g/mol. The second kappa shape index (κ2) is 6.99. The number of hydrogen-bond donors (Lipinski definition) is 0. The van der Waals surface area contributed by atoms with Crippen LogP contribution < -0.4 is 0 Å². The Bertz CT molecular complexity index is 499. The van der Waals surface area contributed by atoms with Crippen LogP contribution in [0, 0.1) is 0 Å². The van der Waals surface area contributed by atoms with Gasteiger partial charge in [0.2, 0.25) is 5.91 Å². The van der Waals surface area contributed by atoms with Gasteiger partial charge in [-0.3, -0.25) is 9.78 Å². The third-order valence-electron chi connectivity index (χ3n) is 2.90. The normalized spacial score (nSPS) is 10.4. The highest BCUT2D eigenvalue weighted by atomic mass is 32.1. The van der Waals surface area contributed by atoms with Crippen molar-refractivity contribution in [1.82, 2.24) is 14.9 Å². The van der Waals surface area contributed by atoms with Crippen LogP contribution in [0.1, 0.15) is 24.6 Å². The monoisotopic (exact) mass is 275 g/mol. The lowest BCUT2D eigenvalue weighted by atomic mass is 10.2. The van der Waals surface area contributed by atoms with E-state index >= 15 is 0 Å². The van der Waals surface area contributed by atoms with Crippen molar-refractivity contribution in [2.45, 2.75) is 26.3 Å². The summed E-state index contributed by atoms with van der Waals surface area (Å²) in [7, 11) is 0. The van der Waals surface area contributed by atoms with Crippen molar-refractivity contribution in [3.05, 3.63) is 46.7 Å². The molecule has 0 fully saturated rings. The summed E-state index contributed by atoms with van der Waals surface area (Å²) in [6.07, 6.45) is 4.84. The highest BCUT2D eigenvalue weighted by molar-refractivity contribution is 7.07. The topological polar surface area (TPSA) is 46.1 Å². The molecule has 0 atom stereocenters. The Hall–Kier alpha value is -1.75. The fourth-order valence-corrected chi connectivity index (χ4v) is 2.43. The van der Waals surface area contributed by atoms with Crippen molar-refractivity contribution in [2.75, 3.05) is 6.54 Å². The molecule has 0 bridgehead atoms. The van der Waals surface area contributed by atoms with E-state index in [9.17, 15) is 4.79 Å². The molecule has 0 unspecified atom stereocenters. The Labute approximate surface area is 117 Å². The van der Waals surface area contributed by atoms with Crippen molar-refractivity contribution in [3.63, 3.8) is 0 Å². The molecule has 0 radical (unpaired) electrons. The fraction of sp³-hybridized carbons (Fsp3) is 0.357. The molecule has 2 rings (SSSR count). The van der Waals surface area contributed by atoms with Gasteiger partial charge < -0.3 is 4.90 Å². The van der Waals surface area contributed by atoms with Gasteiger partial charge in [0, 0.05) is 43.7 Å². The molecule has 0 aromatic carbocycles. The van der Waals surface area contributed by atoms with Gasteiger partial charge >= 0.3 is 0 Å². The standard InChI is InChI=1S/C14H17N3OS/c1-2-14(18)17(8-5-13-10-19-11-16-13)9-12-3-6-15-7-4-12/h3-4,6-7,10-11H,2,5,8-9H2,1H3. The fourth-order valence-electron chi connectivity index (χ4n) is 1.83. The van der Waals surface area contributed by atoms with Gasteiger partial charge in [-0.25, -0.2) is 4.98 Å². The van der Waals surface area contributed by atoms with Crippen LogP contribution in [-0.2, 0) is 17.8 Å². The zero-order valence-electron chi connectivity index (χ0n) is 11.0. The Kier molecular flexibility index (Phi) is 5.03. The van der Waals surface area contributed by atoms with E-state index in [1.807, 2.05) is 34.8 Å². The first-order chi connectivity index (χ1) is 9.29. The Balaban J connectivity index is 1.97. The van der Waals surface area contributed by atoms with E-state index in [0.717, 1.165) is 17.7 Å². The van der Waals surface area contributed by atoms with Crippen LogP contribution >= 0.6 is 11.3 Å². The van der Waals surface area contributed by atoms with Gasteiger partial charge in [0.25, 0.3) is 0 Å². The van der Waals surface area contributed by atoms with Gasteiger partial charge in [-0.1, -0.05) is 6.92 Å². The highest BCUT2D eigenvalue weighted by Gasteiger charge is 2.12. The molecule has 5 heteroatoms. The molecular weight excluding hydrogens is 258 g/mol. The molecule has 0 saturated carbocycles. The maximum atomic E-state index is 12.0. The summed E-state index contributed by atoms with van der Waals surface area (Å²) in [5.74, 6) is 0.173. The lowest BCUT2D eigenvalue weighted by Crippen LogP contribution is -2.31. The predicted molar refractivity (Wildman–Crippen MR) is 75.8 cm³/mol. The maximum absolute atomic E-state index is 12.0. The van der Waals surface area contributed by atoms with Crippen LogP contribution in [0.15, 0.2) is 35.4 Å². The number of rotatable bonds is 6. The molecule has 0 spiro atoms. The molecule has 0 saturated heterocycles. The van der Waals surface area contributed by atoms with Crippen LogP contribution in [0.3, 0.4) is 0 Å². The number of aromatic nitrogens is 2. The van der Waals surface area contributed by atoms with E-state index in [2.05, 4.69) is 9.97 Å². The number of carbonyl (C=O) groups is 1. The van der Waals surface area contributed by atoms with Crippen molar-refractivity contribution in [1.29, 1.82) is 0 Å². The second-order valence-electron chi connectivity index (χ2n) is 4.25. The Morgan fingerprint density at radius 2 is 2.16 bits per heavy atom. The molecule has 2 heterocycles. The van der Waals surface area contributed by atoms with Crippen LogP contribution in [0.25, 0.3) is 0 Å². The second-order valence-corrected chi connectivity index (χ2v) is 4.97. The Morgan fingerprint density at radius 3 is 2.79 bits per heavy atom. The van der Waals surface area contributed by atoms with E-state index in [4.69, 9.17) is 0 Å². The van der Waals surface area contributed by atoms with E-state index in [1.165, 1.54) is 0 Å². The minimum absolute atomic E-state index is 0.173. The van der Waals surface area contributed by atoms with E-state index in [-0.39, 0.29) is 5.91 Å². The maximum Gasteiger partial charge on any atom is 0.222 e. The van der Waals surface area contributed by atoms with Crippen LogP contribution in [0.4, 0.5) is 0 Å². The van der Waals surface area contributed by atoms with Crippen LogP contribution in [0.2, 0.25) is 0 Å². The molecular formula is C14H17N3OS. The smallest absolute Gasteiger partial charge is 0.222 e. The van der Waals surface area contributed by atoms with Gasteiger partial charge in [-0.15, -0.1) is 11.3 Å². The minimum Gasteiger partial charge on any atom is -0.338 e. The SMILES string of the molecule is CCC(=O)N(CCc1cscn1)Cc1ccncc1. The quantitative estimate of drug-likeness (QED) is 0.814. The molecule has 100 valence electrons. The van der Waals surface area contributed by atoms with Crippen LogP contribution in [0.5, 0.6) is 0 Å². The van der Waals surface area contributed by atoms with E-state index in [1.54, 1.807) is 23.7 Å². The molecule has 0 aliphatic heterocycles. The molecule has 0 aliphatic rings. The van der Waals surface area contributed by atoms with Gasteiger partial charge in [-0.2, -0.15) is 0 Å². The first-order valence-electron chi connectivity index (χ1n) is 6.33. The number of thiazole rings is 1. The van der Waals surface area contributed by atoms with Crippen molar-refractivity contribution < 1.29 is 4.79 Å². The third-order valence-corrected chi connectivity index (χ3v) is 3.53. The van der Waals surface area contributed by atoms with Crippen molar-refractivity contribution in [2.24, 2.45) is 0 Å². The number of carbonyl (C=O) groups excluding carboxylic acids is 1. The zero-order valence-corrected chi connectivity index (χ0v) is 11.8. The summed E-state index contributed by atoms with van der Waals surface area (Å²) < 4.78 is 0. The summed E-state index contributed by atoms with van der Waals surface area (Å²) in [4.78, 5) is 22.1. The summed E-state index contributed by atoms with van der Waals surface area (Å²) in [5, 5.41) is 2.03. The van der Waals surface area contributed by atoms with E-state index < -0.39 is 0 Å². The van der Waals surface area contributed by atoms with Crippen molar-refractivity contribution in [3.8, 4) is 0 Å². The number of hydrogen-bond acceptors (Lipinski definition) is 4. The minimum atomic E-state index is 0.173. The first kappa shape index (κ1) is 13.7. The van der Waals surface area contributed by atoms with Crippen LogP contribution in [-0.4, -0.2) is 27.3 Å². The number of nitrogens with zero attached hydrogens (tertiary/aromatic N) is 3. The molecule has 2 aromatic heterocycles. The molecule has 19 heavy (non-hydrogen) atoms. The average Bonchev–Trinajstić information content (AvgIpc) is 2.97. The van der Waals surface area contributed by atoms with Crippen molar-refractivity contribution >= 4 is 17.2 Å². The summed E-state index contributed by atoms with van der Waals surface area (Å²) in [6.45, 7) is 3.24. The van der Waals surface area contributed by atoms with Gasteiger partial charge in [0.05, 0.1) is 11.2 Å². The first-order valence-corrected chi connectivity index (χ1v) is 7.27. The molecule has 0 N–H and O–H groups in total. The predicted octanol–water partition coefficient (Wildman–Crippen LogP) is 2.52. The Morgan fingerprint density at radius 1 is 1.37 bits per heavy atom. The molecule has 4 nitrogen and oxygen atoms in total. The molecule has 0 aliphatic carbocycles. The molecule has 1 amide bonds. The molecule has 2 aromatic rings. The summed E-state index contributed by atoms with van der Waals surface area (Å²) in [6, 6.07) is 3.89. The number of amides is 1. The third kappa shape index (κ3) is 4.13. The lowest BCUT2D eigenvalue weighted by Gasteiger charge is -2.22. The van der Waals surface area contributed by atoms with E-state index in [0.29, 0.717) is 19.5 Å². The van der Waals surface area contributed by atoms with Gasteiger partial charge in [-0.05, 0) is 17.7 Å². The van der Waals surface area contributed by atoms with Gasteiger partial charge in [0.15, 0.2) is 0 Å². The lowest BCUT2D eigenvalue weighted by molar-refractivity contribution is -0.131. The largest absolute Gasteiger partial charge is 0.338 e. The highest BCUT2D eigenvalue weighted by Crippen LogP contribution is 2.08. The van der Waals surface area contributed by atoms with Gasteiger partial charge in [0.1, 0.15) is 0 Å². The zero-order chi connectivity index (χ0) is 13.5. The summed E-state index contributed by atoms with van der Waals surface area (Å²) >= 11 is 1.59. The summed E-state index contributed by atoms with van der Waals surface area (Å²) in [5.41, 5.74) is 3.98.